The summed E-state index contributed by atoms with van der Waals surface area (Å²) in [7, 11) is 1.92. The molecule has 1 aromatic heterocycles. The van der Waals surface area contributed by atoms with E-state index in [0.29, 0.717) is 19.1 Å². The van der Waals surface area contributed by atoms with Crippen LogP contribution in [0.5, 0.6) is 0 Å². The van der Waals surface area contributed by atoms with Gasteiger partial charge in [0.15, 0.2) is 5.96 Å². The summed E-state index contributed by atoms with van der Waals surface area (Å²) in [6.07, 6.45) is 2.89. The number of rotatable bonds is 9. The fourth-order valence-electron chi connectivity index (χ4n) is 1.72. The van der Waals surface area contributed by atoms with Crippen molar-refractivity contribution in [1.82, 2.24) is 20.4 Å². The maximum atomic E-state index is 5.58. The molecule has 0 aromatic carbocycles. The number of guanidine groups is 1. The molecular formula is C15H30IN5O. The molecule has 0 amide bonds. The van der Waals surface area contributed by atoms with E-state index in [-0.39, 0.29) is 24.0 Å². The van der Waals surface area contributed by atoms with Crippen molar-refractivity contribution in [2.24, 2.45) is 18.0 Å². The van der Waals surface area contributed by atoms with Crippen molar-refractivity contribution < 1.29 is 4.74 Å². The molecule has 0 aliphatic carbocycles. The van der Waals surface area contributed by atoms with Crippen LogP contribution in [0.2, 0.25) is 0 Å². The maximum absolute atomic E-state index is 5.58. The first-order chi connectivity index (χ1) is 10.1. The molecule has 0 radical (unpaired) electrons. The molecular weight excluding hydrogens is 393 g/mol. The van der Waals surface area contributed by atoms with Crippen molar-refractivity contribution in [2.45, 2.75) is 33.7 Å². The molecule has 22 heavy (non-hydrogen) atoms. The Kier molecular flexibility index (Phi) is 12.2. The van der Waals surface area contributed by atoms with Crippen LogP contribution in [0.4, 0.5) is 0 Å². The lowest BCUT2D eigenvalue weighted by Gasteiger charge is -2.12. The normalized spacial score (nSPS) is 11.4. The molecule has 0 saturated heterocycles. The van der Waals surface area contributed by atoms with Crippen LogP contribution in [0.25, 0.3) is 0 Å². The minimum Gasteiger partial charge on any atom is -0.380 e. The molecule has 0 bridgehead atoms. The van der Waals surface area contributed by atoms with Gasteiger partial charge in [0, 0.05) is 32.9 Å². The van der Waals surface area contributed by atoms with Crippen LogP contribution in [0.1, 0.15) is 32.9 Å². The summed E-state index contributed by atoms with van der Waals surface area (Å²) >= 11 is 0. The summed E-state index contributed by atoms with van der Waals surface area (Å²) in [5, 5.41) is 10.6. The number of aromatic nitrogens is 2. The molecule has 0 atom stereocenters. The number of hydrogen-bond donors (Lipinski definition) is 2. The van der Waals surface area contributed by atoms with E-state index in [1.807, 2.05) is 17.8 Å². The number of hydrogen-bond acceptors (Lipinski definition) is 3. The van der Waals surface area contributed by atoms with Crippen molar-refractivity contribution in [2.75, 3.05) is 26.3 Å². The molecule has 2 N–H and O–H groups in total. The van der Waals surface area contributed by atoms with Gasteiger partial charge in [-0.25, -0.2) is 4.99 Å². The molecule has 0 saturated carbocycles. The average Bonchev–Trinajstić information content (AvgIpc) is 2.85. The van der Waals surface area contributed by atoms with Gasteiger partial charge in [0.1, 0.15) is 0 Å². The lowest BCUT2D eigenvalue weighted by molar-refractivity contribution is 0.128. The Balaban J connectivity index is 0.00000441. The average molecular weight is 423 g/mol. The van der Waals surface area contributed by atoms with Crippen LogP contribution >= 0.6 is 24.0 Å². The van der Waals surface area contributed by atoms with Crippen LogP contribution in [-0.2, 0) is 18.3 Å². The quantitative estimate of drug-likeness (QED) is 0.277. The summed E-state index contributed by atoms with van der Waals surface area (Å²) in [6.45, 7) is 10.2. The maximum Gasteiger partial charge on any atom is 0.191 e. The van der Waals surface area contributed by atoms with Crippen molar-refractivity contribution in [3.63, 3.8) is 0 Å². The first kappa shape index (κ1) is 21.2. The molecule has 0 aliphatic heterocycles. The number of nitrogens with one attached hydrogen (secondary N) is 2. The van der Waals surface area contributed by atoms with Crippen LogP contribution < -0.4 is 10.6 Å². The number of ether oxygens (including phenoxy) is 1. The predicted molar refractivity (Wildman–Crippen MR) is 102 cm³/mol. The summed E-state index contributed by atoms with van der Waals surface area (Å²) in [4.78, 5) is 4.54. The van der Waals surface area contributed by atoms with E-state index in [2.05, 4.69) is 41.5 Å². The Labute approximate surface area is 151 Å². The lowest BCUT2D eigenvalue weighted by atomic mass is 10.1. The third-order valence-electron chi connectivity index (χ3n) is 3.04. The highest BCUT2D eigenvalue weighted by molar-refractivity contribution is 14.0. The van der Waals surface area contributed by atoms with E-state index in [1.54, 1.807) is 6.20 Å². The second-order valence-corrected chi connectivity index (χ2v) is 5.36. The van der Waals surface area contributed by atoms with Gasteiger partial charge in [-0.1, -0.05) is 13.8 Å². The number of nitrogens with zero attached hydrogens (tertiary/aromatic N) is 3. The Hall–Kier alpha value is -0.830. The molecule has 0 aliphatic rings. The van der Waals surface area contributed by atoms with E-state index >= 15 is 0 Å². The zero-order valence-corrected chi connectivity index (χ0v) is 16.5. The Bertz CT molecular complexity index is 420. The highest BCUT2D eigenvalue weighted by Crippen LogP contribution is 1.99. The minimum absolute atomic E-state index is 0. The van der Waals surface area contributed by atoms with Gasteiger partial charge in [0.05, 0.1) is 18.8 Å². The third kappa shape index (κ3) is 9.24. The largest absolute Gasteiger partial charge is 0.380 e. The third-order valence-corrected chi connectivity index (χ3v) is 3.04. The van der Waals surface area contributed by atoms with E-state index in [1.165, 1.54) is 0 Å². The highest BCUT2D eigenvalue weighted by Gasteiger charge is 2.00. The Morgan fingerprint density at radius 3 is 2.73 bits per heavy atom. The summed E-state index contributed by atoms with van der Waals surface area (Å²) in [5.41, 5.74) is 1.08. The molecule has 0 spiro atoms. The van der Waals surface area contributed by atoms with Gasteiger partial charge < -0.3 is 15.4 Å². The van der Waals surface area contributed by atoms with E-state index in [0.717, 1.165) is 37.8 Å². The minimum atomic E-state index is 0. The molecule has 1 rings (SSSR count). The molecule has 128 valence electrons. The van der Waals surface area contributed by atoms with Crippen molar-refractivity contribution in [3.8, 4) is 0 Å². The summed E-state index contributed by atoms with van der Waals surface area (Å²) in [6, 6.07) is 1.97. The number of aryl methyl sites for hydroxylation is 1. The first-order valence-electron chi connectivity index (χ1n) is 7.70. The highest BCUT2D eigenvalue weighted by atomic mass is 127. The fraction of sp³-hybridized carbons (Fsp3) is 0.733. The van der Waals surface area contributed by atoms with Gasteiger partial charge in [0.2, 0.25) is 0 Å². The zero-order chi connectivity index (χ0) is 15.5. The molecule has 0 unspecified atom stereocenters. The van der Waals surface area contributed by atoms with E-state index in [4.69, 9.17) is 4.74 Å². The van der Waals surface area contributed by atoms with Gasteiger partial charge >= 0.3 is 0 Å². The first-order valence-corrected chi connectivity index (χ1v) is 7.70. The molecule has 0 fully saturated rings. The topological polar surface area (TPSA) is 63.5 Å². The van der Waals surface area contributed by atoms with E-state index < -0.39 is 0 Å². The van der Waals surface area contributed by atoms with Gasteiger partial charge in [-0.3, -0.25) is 4.68 Å². The molecule has 6 nitrogen and oxygen atoms in total. The van der Waals surface area contributed by atoms with Crippen LogP contribution in [0.15, 0.2) is 17.3 Å². The van der Waals surface area contributed by atoms with Gasteiger partial charge in [0.25, 0.3) is 0 Å². The second kappa shape index (κ2) is 12.7. The Morgan fingerprint density at radius 1 is 1.36 bits per heavy atom. The van der Waals surface area contributed by atoms with Crippen molar-refractivity contribution in [3.05, 3.63) is 18.0 Å². The lowest BCUT2D eigenvalue weighted by Crippen LogP contribution is -2.39. The van der Waals surface area contributed by atoms with Gasteiger partial charge in [-0.2, -0.15) is 5.10 Å². The van der Waals surface area contributed by atoms with Crippen molar-refractivity contribution >= 4 is 29.9 Å². The fourth-order valence-corrected chi connectivity index (χ4v) is 1.72. The molecule has 7 heteroatoms. The number of halogens is 1. The Morgan fingerprint density at radius 2 is 2.14 bits per heavy atom. The van der Waals surface area contributed by atoms with Crippen LogP contribution in [0.3, 0.4) is 0 Å². The van der Waals surface area contributed by atoms with Gasteiger partial charge in [-0.05, 0) is 25.3 Å². The summed E-state index contributed by atoms with van der Waals surface area (Å²) < 4.78 is 7.42. The summed E-state index contributed by atoms with van der Waals surface area (Å²) in [5.74, 6) is 1.50. The van der Waals surface area contributed by atoms with Crippen LogP contribution in [-0.4, -0.2) is 42.0 Å². The monoisotopic (exact) mass is 423 g/mol. The number of aliphatic imine (C=N–C) groups is 1. The smallest absolute Gasteiger partial charge is 0.191 e. The second-order valence-electron chi connectivity index (χ2n) is 5.36. The van der Waals surface area contributed by atoms with Crippen LogP contribution in [0, 0.1) is 5.92 Å². The van der Waals surface area contributed by atoms with Gasteiger partial charge in [-0.15, -0.1) is 24.0 Å². The SMILES string of the molecule is CCNC(=NCc1ccnn1C)NCCOCCC(C)C.I. The molecule has 1 aromatic rings. The standard InChI is InChI=1S/C15H29N5O.HI/c1-5-16-15(17-9-11-21-10-7-13(2)3)18-12-14-6-8-19-20(14)4;/h6,8,13H,5,7,9-12H2,1-4H3,(H2,16,17,18);1H. The molecule has 1 heterocycles. The predicted octanol–water partition coefficient (Wildman–Crippen LogP) is 2.16. The van der Waals surface area contributed by atoms with E-state index in [9.17, 15) is 0 Å². The van der Waals surface area contributed by atoms with Crippen molar-refractivity contribution in [1.29, 1.82) is 0 Å². The zero-order valence-electron chi connectivity index (χ0n) is 14.1.